The minimum Gasteiger partial charge on any atom is -0.492 e. The third-order valence-corrected chi connectivity index (χ3v) is 5.34. The van der Waals surface area contributed by atoms with Crippen LogP contribution in [-0.2, 0) is 11.8 Å². The van der Waals surface area contributed by atoms with E-state index in [-0.39, 0.29) is 0 Å². The van der Waals surface area contributed by atoms with Crippen LogP contribution in [0.3, 0.4) is 0 Å². The number of hydrogen-bond acceptors (Lipinski definition) is 3. The Bertz CT molecular complexity index is 518. The van der Waals surface area contributed by atoms with Gasteiger partial charge in [-0.15, -0.1) is 0 Å². The van der Waals surface area contributed by atoms with Crippen LogP contribution >= 0.6 is 0 Å². The Morgan fingerprint density at radius 3 is 2.95 bits per heavy atom. The Balaban J connectivity index is 1.61. The second-order valence-corrected chi connectivity index (χ2v) is 6.59. The van der Waals surface area contributed by atoms with E-state index in [0.29, 0.717) is 5.41 Å². The van der Waals surface area contributed by atoms with Gasteiger partial charge in [0.05, 0.1) is 6.61 Å². The summed E-state index contributed by atoms with van der Waals surface area (Å²) in [5, 5.41) is 3.51. The van der Waals surface area contributed by atoms with E-state index in [1.54, 1.807) is 0 Å². The van der Waals surface area contributed by atoms with Crippen molar-refractivity contribution in [3.05, 3.63) is 23.3 Å². The van der Waals surface area contributed by atoms with E-state index in [2.05, 4.69) is 29.3 Å². The van der Waals surface area contributed by atoms with Gasteiger partial charge in [0.25, 0.3) is 0 Å². The predicted molar refractivity (Wildman–Crippen MR) is 81.8 cm³/mol. The first-order valence-corrected chi connectivity index (χ1v) is 8.07. The van der Waals surface area contributed by atoms with E-state index in [0.717, 1.165) is 25.3 Å². The average Bonchev–Trinajstić information content (AvgIpc) is 3.05. The number of benzene rings is 1. The summed E-state index contributed by atoms with van der Waals surface area (Å²) in [6.07, 6.45) is 4.90. The molecule has 1 N–H and O–H groups in total. The van der Waals surface area contributed by atoms with E-state index in [4.69, 9.17) is 4.74 Å². The molecular formula is C17H24N2O. The molecule has 1 saturated heterocycles. The van der Waals surface area contributed by atoms with Gasteiger partial charge >= 0.3 is 0 Å². The Labute approximate surface area is 121 Å². The molecule has 3 aliphatic rings. The molecule has 3 aliphatic heterocycles. The molecule has 1 fully saturated rings. The molecule has 0 bridgehead atoms. The fourth-order valence-electron chi connectivity index (χ4n) is 4.09. The highest BCUT2D eigenvalue weighted by molar-refractivity contribution is 5.63. The third kappa shape index (κ3) is 1.83. The predicted octanol–water partition coefficient (Wildman–Crippen LogP) is 2.79. The van der Waals surface area contributed by atoms with Crippen LogP contribution in [0.1, 0.15) is 37.3 Å². The minimum atomic E-state index is 0.291. The first-order chi connectivity index (χ1) is 9.81. The number of piperidine rings is 1. The second kappa shape index (κ2) is 4.66. The molecule has 3 heteroatoms. The minimum absolute atomic E-state index is 0.291. The highest BCUT2D eigenvalue weighted by Crippen LogP contribution is 2.48. The summed E-state index contributed by atoms with van der Waals surface area (Å²) < 4.78 is 6.07. The van der Waals surface area contributed by atoms with Crippen LogP contribution in [0.2, 0.25) is 0 Å². The van der Waals surface area contributed by atoms with Crippen molar-refractivity contribution in [3.8, 4) is 5.75 Å². The van der Waals surface area contributed by atoms with Gasteiger partial charge in [0.2, 0.25) is 0 Å². The molecular weight excluding hydrogens is 248 g/mol. The zero-order chi connectivity index (χ0) is 13.6. The van der Waals surface area contributed by atoms with E-state index >= 15 is 0 Å². The highest BCUT2D eigenvalue weighted by Gasteiger charge is 2.43. The van der Waals surface area contributed by atoms with Crippen molar-refractivity contribution in [2.75, 3.05) is 38.1 Å². The van der Waals surface area contributed by atoms with Crippen LogP contribution in [0.25, 0.3) is 0 Å². The van der Waals surface area contributed by atoms with Crippen LogP contribution in [0.4, 0.5) is 5.69 Å². The molecule has 20 heavy (non-hydrogen) atoms. The molecule has 4 rings (SSSR count). The Kier molecular flexibility index (Phi) is 2.92. The molecule has 0 aromatic heterocycles. The number of likely N-dealkylation sites (tertiary alicyclic amines) is 1. The smallest absolute Gasteiger partial charge is 0.123 e. The highest BCUT2D eigenvalue weighted by atomic mass is 16.5. The standard InChI is InChI=1S/C17H24N2O/c1-2-7-19-8-4-17(5-9-19)12-20-16-10-13-3-6-18-15(13)11-14(16)17/h10-11,18H,2-9,12H2,1H3. The fraction of sp³-hybridized carbons (Fsp3) is 0.647. The quantitative estimate of drug-likeness (QED) is 0.896. The van der Waals surface area contributed by atoms with Crippen molar-refractivity contribution in [2.45, 2.75) is 38.0 Å². The topological polar surface area (TPSA) is 24.5 Å². The number of rotatable bonds is 2. The van der Waals surface area contributed by atoms with Crippen molar-refractivity contribution in [1.82, 2.24) is 4.90 Å². The van der Waals surface area contributed by atoms with Crippen molar-refractivity contribution in [2.24, 2.45) is 0 Å². The molecule has 0 unspecified atom stereocenters. The molecule has 0 atom stereocenters. The second-order valence-electron chi connectivity index (χ2n) is 6.59. The zero-order valence-corrected chi connectivity index (χ0v) is 12.4. The Hall–Kier alpha value is -1.22. The van der Waals surface area contributed by atoms with E-state index in [9.17, 15) is 0 Å². The lowest BCUT2D eigenvalue weighted by atomic mass is 9.74. The molecule has 3 nitrogen and oxygen atoms in total. The number of hydrogen-bond donors (Lipinski definition) is 1. The van der Waals surface area contributed by atoms with Crippen molar-refractivity contribution in [3.63, 3.8) is 0 Å². The van der Waals surface area contributed by atoms with Crippen LogP contribution < -0.4 is 10.1 Å². The number of fused-ring (bicyclic) bond motifs is 3. The Morgan fingerprint density at radius 1 is 1.30 bits per heavy atom. The number of nitrogens with one attached hydrogen (secondary N) is 1. The largest absolute Gasteiger partial charge is 0.492 e. The zero-order valence-electron chi connectivity index (χ0n) is 12.4. The van der Waals surface area contributed by atoms with E-state index < -0.39 is 0 Å². The molecule has 0 aliphatic carbocycles. The summed E-state index contributed by atoms with van der Waals surface area (Å²) in [5.41, 5.74) is 4.55. The summed E-state index contributed by atoms with van der Waals surface area (Å²) in [7, 11) is 0. The lowest BCUT2D eigenvalue weighted by Gasteiger charge is -2.38. The maximum absolute atomic E-state index is 6.07. The van der Waals surface area contributed by atoms with Gasteiger partial charge in [-0.2, -0.15) is 0 Å². The Morgan fingerprint density at radius 2 is 2.15 bits per heavy atom. The van der Waals surface area contributed by atoms with Gasteiger partial charge in [-0.3, -0.25) is 0 Å². The monoisotopic (exact) mass is 272 g/mol. The third-order valence-electron chi connectivity index (χ3n) is 5.34. The molecule has 1 spiro atoms. The summed E-state index contributed by atoms with van der Waals surface area (Å²) in [5.74, 6) is 1.16. The summed E-state index contributed by atoms with van der Waals surface area (Å²) >= 11 is 0. The molecule has 0 radical (unpaired) electrons. The van der Waals surface area contributed by atoms with Crippen molar-refractivity contribution >= 4 is 5.69 Å². The van der Waals surface area contributed by atoms with E-state index in [1.807, 2.05) is 0 Å². The van der Waals surface area contributed by atoms with Crippen LogP contribution in [0.15, 0.2) is 12.1 Å². The van der Waals surface area contributed by atoms with Crippen molar-refractivity contribution in [1.29, 1.82) is 0 Å². The molecule has 3 heterocycles. The average molecular weight is 272 g/mol. The summed E-state index contributed by atoms with van der Waals surface area (Å²) in [6, 6.07) is 4.68. The molecule has 1 aromatic carbocycles. The lowest BCUT2D eigenvalue weighted by Crippen LogP contribution is -2.43. The first kappa shape index (κ1) is 12.5. The molecule has 0 saturated carbocycles. The number of nitrogens with zero attached hydrogens (tertiary/aromatic N) is 1. The van der Waals surface area contributed by atoms with Gasteiger partial charge in [0, 0.05) is 23.2 Å². The molecule has 0 amide bonds. The number of anilines is 1. The van der Waals surface area contributed by atoms with Gasteiger partial charge in [0.15, 0.2) is 0 Å². The fourth-order valence-corrected chi connectivity index (χ4v) is 4.09. The first-order valence-electron chi connectivity index (χ1n) is 8.07. The van der Waals surface area contributed by atoms with Crippen LogP contribution in [0, 0.1) is 0 Å². The van der Waals surface area contributed by atoms with Gasteiger partial charge in [-0.25, -0.2) is 0 Å². The van der Waals surface area contributed by atoms with E-state index in [1.165, 1.54) is 55.7 Å². The maximum atomic E-state index is 6.07. The lowest BCUT2D eigenvalue weighted by molar-refractivity contribution is 0.135. The van der Waals surface area contributed by atoms with Crippen molar-refractivity contribution < 1.29 is 4.74 Å². The van der Waals surface area contributed by atoms with Crippen LogP contribution in [0.5, 0.6) is 5.75 Å². The number of ether oxygens (including phenoxy) is 1. The van der Waals surface area contributed by atoms with Gasteiger partial charge in [-0.05, 0) is 63.0 Å². The normalized spacial score (nSPS) is 23.2. The van der Waals surface area contributed by atoms with Gasteiger partial charge in [0.1, 0.15) is 5.75 Å². The SMILES string of the molecule is CCCN1CCC2(CC1)COc1cc3c(cc12)NCC3. The van der Waals surface area contributed by atoms with Crippen LogP contribution in [-0.4, -0.2) is 37.7 Å². The summed E-state index contributed by atoms with van der Waals surface area (Å²) in [6.45, 7) is 7.94. The maximum Gasteiger partial charge on any atom is 0.123 e. The van der Waals surface area contributed by atoms with Gasteiger partial charge in [-0.1, -0.05) is 6.92 Å². The molecule has 1 aromatic rings. The molecule has 108 valence electrons. The summed E-state index contributed by atoms with van der Waals surface area (Å²) in [4.78, 5) is 2.61. The van der Waals surface area contributed by atoms with Gasteiger partial charge < -0.3 is 15.0 Å².